The summed E-state index contributed by atoms with van der Waals surface area (Å²) < 4.78 is 38.8. The number of amides is 2. The molecule has 1 heterocycles. The van der Waals surface area contributed by atoms with E-state index in [2.05, 4.69) is 10.6 Å². The summed E-state index contributed by atoms with van der Waals surface area (Å²) in [6, 6.07) is 10.2. The highest BCUT2D eigenvalue weighted by Crippen LogP contribution is 2.34. The van der Waals surface area contributed by atoms with Crippen LogP contribution in [0.25, 0.3) is 0 Å². The fourth-order valence-electron chi connectivity index (χ4n) is 2.59. The van der Waals surface area contributed by atoms with Crippen molar-refractivity contribution in [3.63, 3.8) is 0 Å². The molecule has 2 aromatic carbocycles. The van der Waals surface area contributed by atoms with Crippen LogP contribution < -0.4 is 10.6 Å². The second kappa shape index (κ2) is 8.32. The van der Waals surface area contributed by atoms with E-state index in [1.165, 1.54) is 42.1 Å². The maximum atomic E-state index is 13.6. The summed E-state index contributed by atoms with van der Waals surface area (Å²) in [4.78, 5) is 24.8. The van der Waals surface area contributed by atoms with E-state index in [1.807, 2.05) is 0 Å². The number of thioether (sulfide) groups is 1. The van der Waals surface area contributed by atoms with Crippen molar-refractivity contribution in [2.75, 3.05) is 22.1 Å². The van der Waals surface area contributed by atoms with E-state index in [1.54, 1.807) is 19.1 Å². The lowest BCUT2D eigenvalue weighted by Gasteiger charge is -2.10. The van der Waals surface area contributed by atoms with Gasteiger partial charge in [-0.05, 0) is 30.3 Å². The van der Waals surface area contributed by atoms with Crippen LogP contribution in [0.5, 0.6) is 0 Å². The number of rotatable bonds is 5. The smallest absolute Gasteiger partial charge is 0.228 e. The minimum absolute atomic E-state index is 0.00351. The van der Waals surface area contributed by atoms with Crippen molar-refractivity contribution in [1.29, 1.82) is 0 Å². The number of sulfone groups is 1. The minimum atomic E-state index is -3.75. The van der Waals surface area contributed by atoms with Crippen LogP contribution in [0, 0.1) is 11.7 Å². The Labute approximate surface area is 166 Å². The lowest BCUT2D eigenvalue weighted by molar-refractivity contribution is -0.118. The normalized spacial score (nSPS) is 16.6. The average Bonchev–Trinajstić information content (AvgIpc) is 2.80. The first-order chi connectivity index (χ1) is 13.3. The Bertz CT molecular complexity index is 1020. The molecule has 0 saturated heterocycles. The fraction of sp³-hybridized carbons (Fsp3) is 0.263. The molecule has 0 radical (unpaired) electrons. The number of hydrogen-bond donors (Lipinski definition) is 2. The third kappa shape index (κ3) is 4.71. The van der Waals surface area contributed by atoms with Gasteiger partial charge in [-0.2, -0.15) is 0 Å². The van der Waals surface area contributed by atoms with Gasteiger partial charge in [0.15, 0.2) is 9.84 Å². The molecule has 0 aromatic heterocycles. The van der Waals surface area contributed by atoms with E-state index in [0.29, 0.717) is 11.4 Å². The second-order valence-electron chi connectivity index (χ2n) is 6.46. The van der Waals surface area contributed by atoms with Gasteiger partial charge in [-0.25, -0.2) is 12.8 Å². The number of carbonyl (C=O) groups excluding carboxylic acids is 2. The number of anilines is 2. The highest BCUT2D eigenvalue weighted by Gasteiger charge is 2.23. The van der Waals surface area contributed by atoms with Gasteiger partial charge in [0.05, 0.1) is 22.0 Å². The molecule has 1 unspecified atom stereocenters. The van der Waals surface area contributed by atoms with Crippen molar-refractivity contribution < 1.29 is 22.4 Å². The molecule has 6 nitrogen and oxygen atoms in total. The topological polar surface area (TPSA) is 92.3 Å². The van der Waals surface area contributed by atoms with E-state index in [-0.39, 0.29) is 28.8 Å². The summed E-state index contributed by atoms with van der Waals surface area (Å²) in [6.45, 7) is 1.81. The number of para-hydroxylation sites is 1. The van der Waals surface area contributed by atoms with Gasteiger partial charge in [0.2, 0.25) is 11.8 Å². The van der Waals surface area contributed by atoms with E-state index in [4.69, 9.17) is 0 Å². The van der Waals surface area contributed by atoms with Crippen LogP contribution >= 0.6 is 11.8 Å². The van der Waals surface area contributed by atoms with Crippen molar-refractivity contribution in [1.82, 2.24) is 0 Å². The molecule has 0 bridgehead atoms. The number of nitrogens with one attached hydrogen (secondary N) is 2. The maximum Gasteiger partial charge on any atom is 0.228 e. The van der Waals surface area contributed by atoms with E-state index >= 15 is 0 Å². The first-order valence-electron chi connectivity index (χ1n) is 8.61. The highest BCUT2D eigenvalue weighted by atomic mass is 32.2. The van der Waals surface area contributed by atoms with Gasteiger partial charge in [-0.3, -0.25) is 9.59 Å². The molecule has 1 aliphatic rings. The first kappa shape index (κ1) is 20.3. The van der Waals surface area contributed by atoms with Crippen LogP contribution in [0.4, 0.5) is 15.8 Å². The Balaban J connectivity index is 1.70. The molecule has 2 N–H and O–H groups in total. The van der Waals surface area contributed by atoms with Crippen molar-refractivity contribution in [2.45, 2.75) is 23.1 Å². The van der Waals surface area contributed by atoms with Gasteiger partial charge in [-0.15, -0.1) is 11.8 Å². The van der Waals surface area contributed by atoms with Gasteiger partial charge in [0.1, 0.15) is 5.82 Å². The number of hydrogen-bond acceptors (Lipinski definition) is 5. The van der Waals surface area contributed by atoms with Crippen LogP contribution in [-0.2, 0) is 19.4 Å². The Morgan fingerprint density at radius 1 is 1.29 bits per heavy atom. The first-order valence-corrected chi connectivity index (χ1v) is 11.2. The quantitative estimate of drug-likeness (QED) is 0.771. The molecule has 0 saturated carbocycles. The summed E-state index contributed by atoms with van der Waals surface area (Å²) in [5.41, 5.74) is 0.458. The molecule has 2 amide bonds. The summed E-state index contributed by atoms with van der Waals surface area (Å²) >= 11 is 1.48. The standard InChI is InChI=1S/C19H19FN2O4S2/c1-12-11-27-17-7-6-13(10-16(17)22-19(12)24)28(25,26)9-8-18(23)21-15-5-3-2-4-14(15)20/h2-7,10,12H,8-9,11H2,1H3,(H,21,23)(H,22,24). The third-order valence-corrected chi connectivity index (χ3v) is 7.30. The predicted octanol–water partition coefficient (Wildman–Crippen LogP) is 3.31. The summed E-state index contributed by atoms with van der Waals surface area (Å²) in [7, 11) is -3.75. The Morgan fingerprint density at radius 3 is 2.79 bits per heavy atom. The average molecular weight is 423 g/mol. The Morgan fingerprint density at radius 2 is 2.04 bits per heavy atom. The molecule has 9 heteroatoms. The van der Waals surface area contributed by atoms with Gasteiger partial charge in [0, 0.05) is 23.0 Å². The number of carbonyl (C=O) groups is 2. The van der Waals surface area contributed by atoms with Crippen LogP contribution in [0.2, 0.25) is 0 Å². The molecule has 28 heavy (non-hydrogen) atoms. The predicted molar refractivity (Wildman–Crippen MR) is 107 cm³/mol. The van der Waals surface area contributed by atoms with Gasteiger partial charge in [-0.1, -0.05) is 19.1 Å². The second-order valence-corrected chi connectivity index (χ2v) is 9.63. The zero-order valence-electron chi connectivity index (χ0n) is 15.1. The molecule has 0 spiro atoms. The van der Waals surface area contributed by atoms with Gasteiger partial charge < -0.3 is 10.6 Å². The van der Waals surface area contributed by atoms with E-state index in [0.717, 1.165) is 4.90 Å². The van der Waals surface area contributed by atoms with Crippen molar-refractivity contribution in [2.24, 2.45) is 5.92 Å². The van der Waals surface area contributed by atoms with Crippen LogP contribution in [0.1, 0.15) is 13.3 Å². The van der Waals surface area contributed by atoms with Gasteiger partial charge in [0.25, 0.3) is 0 Å². The van der Waals surface area contributed by atoms with Gasteiger partial charge >= 0.3 is 0 Å². The summed E-state index contributed by atoms with van der Waals surface area (Å²) in [5, 5.41) is 5.11. The number of halogens is 1. The number of fused-ring (bicyclic) bond motifs is 1. The van der Waals surface area contributed by atoms with Crippen molar-refractivity contribution in [3.8, 4) is 0 Å². The molecule has 0 aliphatic carbocycles. The SMILES string of the molecule is CC1CSc2ccc(S(=O)(=O)CCC(=O)Nc3ccccc3F)cc2NC1=O. The molecule has 1 aliphatic heterocycles. The van der Waals surface area contributed by atoms with Crippen LogP contribution in [0.15, 0.2) is 52.3 Å². The molecular formula is C19H19FN2O4S2. The van der Waals surface area contributed by atoms with E-state index in [9.17, 15) is 22.4 Å². The van der Waals surface area contributed by atoms with Crippen molar-refractivity contribution in [3.05, 3.63) is 48.3 Å². The minimum Gasteiger partial charge on any atom is -0.325 e. The molecule has 148 valence electrons. The Hall–Kier alpha value is -2.39. The number of benzene rings is 2. The molecular weight excluding hydrogens is 403 g/mol. The lowest BCUT2D eigenvalue weighted by Crippen LogP contribution is -2.20. The molecule has 3 rings (SSSR count). The molecule has 1 atom stereocenters. The highest BCUT2D eigenvalue weighted by molar-refractivity contribution is 7.99. The molecule has 2 aromatic rings. The largest absolute Gasteiger partial charge is 0.325 e. The summed E-state index contributed by atoms with van der Waals surface area (Å²) in [5.74, 6) is -1.34. The zero-order chi connectivity index (χ0) is 20.3. The third-order valence-electron chi connectivity index (χ3n) is 4.25. The van der Waals surface area contributed by atoms with E-state index < -0.39 is 27.3 Å². The lowest BCUT2D eigenvalue weighted by atomic mass is 10.2. The summed E-state index contributed by atoms with van der Waals surface area (Å²) in [6.07, 6.45) is -0.314. The van der Waals surface area contributed by atoms with Crippen molar-refractivity contribution >= 4 is 44.8 Å². The fourth-order valence-corrected chi connectivity index (χ4v) is 4.87. The van der Waals surface area contributed by atoms with Crippen LogP contribution in [0.3, 0.4) is 0 Å². The Kier molecular flexibility index (Phi) is 6.04. The zero-order valence-corrected chi connectivity index (χ0v) is 16.7. The maximum absolute atomic E-state index is 13.6. The molecule has 0 fully saturated rings. The van der Waals surface area contributed by atoms with Crippen LogP contribution in [-0.4, -0.2) is 31.7 Å². The monoisotopic (exact) mass is 422 g/mol.